The number of hydrogen-bond acceptors (Lipinski definition) is 1. The van der Waals surface area contributed by atoms with Gasteiger partial charge in [0, 0.05) is 29.6 Å². The van der Waals surface area contributed by atoms with Crippen LogP contribution in [0, 0.1) is 23.7 Å². The number of fused-ring (bicyclic) bond motifs is 1. The molecule has 1 amide bonds. The van der Waals surface area contributed by atoms with Gasteiger partial charge in [-0.15, -0.1) is 0 Å². The molecule has 1 aromatic heterocycles. The van der Waals surface area contributed by atoms with E-state index >= 15 is 0 Å². The fourth-order valence-electron chi connectivity index (χ4n) is 4.12. The molecular weight excluding hydrogens is 284 g/mol. The van der Waals surface area contributed by atoms with Gasteiger partial charge in [-0.05, 0) is 48.3 Å². The predicted molar refractivity (Wildman–Crippen MR) is 95.0 cm³/mol. The van der Waals surface area contributed by atoms with Gasteiger partial charge in [-0.3, -0.25) is 4.79 Å². The summed E-state index contributed by atoms with van der Waals surface area (Å²) >= 11 is 0. The molecule has 0 bridgehead atoms. The molecule has 1 aliphatic carbocycles. The number of nitrogens with one attached hydrogen (secondary N) is 2. The van der Waals surface area contributed by atoms with Gasteiger partial charge in [-0.25, -0.2) is 0 Å². The zero-order valence-electron chi connectivity index (χ0n) is 14.4. The molecule has 124 valence electrons. The van der Waals surface area contributed by atoms with E-state index in [0.29, 0.717) is 24.3 Å². The van der Waals surface area contributed by atoms with Crippen LogP contribution in [-0.2, 0) is 11.3 Å². The van der Waals surface area contributed by atoms with Crippen LogP contribution in [-0.4, -0.2) is 10.9 Å². The third kappa shape index (κ3) is 3.44. The average Bonchev–Trinajstić information content (AvgIpc) is 3.01. The van der Waals surface area contributed by atoms with Gasteiger partial charge in [0.05, 0.1) is 0 Å². The van der Waals surface area contributed by atoms with Crippen LogP contribution in [0.1, 0.15) is 45.6 Å². The molecule has 0 saturated heterocycles. The minimum Gasteiger partial charge on any atom is -0.361 e. The second-order valence-electron chi connectivity index (χ2n) is 7.51. The molecule has 0 aliphatic heterocycles. The molecule has 23 heavy (non-hydrogen) atoms. The van der Waals surface area contributed by atoms with Crippen LogP contribution >= 0.6 is 0 Å². The van der Waals surface area contributed by atoms with Crippen LogP contribution in [0.15, 0.2) is 30.5 Å². The zero-order valence-corrected chi connectivity index (χ0v) is 14.4. The Kier molecular flexibility index (Phi) is 4.74. The predicted octanol–water partition coefficient (Wildman–Crippen LogP) is 4.49. The Morgan fingerprint density at radius 3 is 2.91 bits per heavy atom. The van der Waals surface area contributed by atoms with E-state index < -0.39 is 0 Å². The van der Waals surface area contributed by atoms with Crippen molar-refractivity contribution in [1.29, 1.82) is 0 Å². The summed E-state index contributed by atoms with van der Waals surface area (Å²) in [5, 5.41) is 4.40. The van der Waals surface area contributed by atoms with Gasteiger partial charge in [-0.1, -0.05) is 39.3 Å². The van der Waals surface area contributed by atoms with Crippen LogP contribution in [0.3, 0.4) is 0 Å². The van der Waals surface area contributed by atoms with Crippen molar-refractivity contribution in [2.24, 2.45) is 23.7 Å². The Balaban J connectivity index is 1.69. The number of benzene rings is 1. The quantitative estimate of drug-likeness (QED) is 0.858. The van der Waals surface area contributed by atoms with Crippen LogP contribution in [0.5, 0.6) is 0 Å². The van der Waals surface area contributed by atoms with Crippen molar-refractivity contribution < 1.29 is 4.79 Å². The summed E-state index contributed by atoms with van der Waals surface area (Å²) in [4.78, 5) is 16.0. The van der Waals surface area contributed by atoms with Crippen LogP contribution in [0.2, 0.25) is 0 Å². The number of amides is 1. The zero-order chi connectivity index (χ0) is 16.4. The van der Waals surface area contributed by atoms with Gasteiger partial charge in [0.25, 0.3) is 0 Å². The van der Waals surface area contributed by atoms with Crippen molar-refractivity contribution in [3.8, 4) is 0 Å². The molecule has 1 fully saturated rings. The van der Waals surface area contributed by atoms with Crippen LogP contribution in [0.25, 0.3) is 10.9 Å². The van der Waals surface area contributed by atoms with E-state index in [1.807, 2.05) is 12.3 Å². The number of rotatable bonds is 4. The second-order valence-corrected chi connectivity index (χ2v) is 7.51. The lowest BCUT2D eigenvalue weighted by atomic mass is 9.70. The average molecular weight is 312 g/mol. The summed E-state index contributed by atoms with van der Waals surface area (Å²) in [7, 11) is 0. The van der Waals surface area contributed by atoms with Crippen LogP contribution < -0.4 is 5.32 Å². The monoisotopic (exact) mass is 312 g/mol. The van der Waals surface area contributed by atoms with Crippen molar-refractivity contribution in [2.45, 2.75) is 46.6 Å². The maximum Gasteiger partial charge on any atom is 0.223 e. The summed E-state index contributed by atoms with van der Waals surface area (Å²) in [5.74, 6) is 2.17. The highest BCUT2D eigenvalue weighted by Crippen LogP contribution is 2.38. The summed E-state index contributed by atoms with van der Waals surface area (Å²) < 4.78 is 0. The molecule has 3 atom stereocenters. The lowest BCUT2D eigenvalue weighted by Gasteiger charge is -2.36. The van der Waals surface area contributed by atoms with E-state index in [-0.39, 0.29) is 11.8 Å². The number of H-pyrrole nitrogens is 1. The molecule has 2 N–H and O–H groups in total. The molecule has 1 saturated carbocycles. The van der Waals surface area contributed by atoms with E-state index in [1.54, 1.807) is 0 Å². The van der Waals surface area contributed by atoms with Crippen molar-refractivity contribution in [1.82, 2.24) is 10.3 Å². The first-order valence-corrected chi connectivity index (χ1v) is 8.89. The summed E-state index contributed by atoms with van der Waals surface area (Å²) in [5.41, 5.74) is 2.31. The summed E-state index contributed by atoms with van der Waals surface area (Å²) in [6.45, 7) is 7.39. The highest BCUT2D eigenvalue weighted by atomic mass is 16.1. The number of aromatic amines is 1. The van der Waals surface area contributed by atoms with Crippen molar-refractivity contribution in [3.05, 3.63) is 36.0 Å². The van der Waals surface area contributed by atoms with Crippen molar-refractivity contribution >= 4 is 16.8 Å². The first-order valence-electron chi connectivity index (χ1n) is 8.89. The second kappa shape index (κ2) is 6.77. The van der Waals surface area contributed by atoms with Gasteiger partial charge in [0.2, 0.25) is 5.91 Å². The van der Waals surface area contributed by atoms with Gasteiger partial charge in [0.1, 0.15) is 0 Å². The number of aromatic nitrogens is 1. The number of carbonyl (C=O) groups excluding carboxylic acids is 1. The third-order valence-electron chi connectivity index (χ3n) is 5.50. The molecule has 2 aromatic rings. The Morgan fingerprint density at radius 2 is 2.13 bits per heavy atom. The van der Waals surface area contributed by atoms with Crippen molar-refractivity contribution in [2.75, 3.05) is 0 Å². The molecular formula is C20H28N2O. The Morgan fingerprint density at radius 1 is 1.30 bits per heavy atom. The molecule has 1 heterocycles. The highest BCUT2D eigenvalue weighted by molar-refractivity contribution is 5.84. The standard InChI is InChI=1S/C20H28N2O/c1-13(2)16-8-7-14(3)11-18(16)20(23)22-12-15-5-4-6-19-17(15)9-10-21-19/h4-6,9-10,13-14,16,18,21H,7-8,11-12H2,1-3H3,(H,22,23)/t14-,16+,18-/m1/s1. The van der Waals surface area contributed by atoms with Crippen LogP contribution in [0.4, 0.5) is 0 Å². The molecule has 0 radical (unpaired) electrons. The summed E-state index contributed by atoms with van der Waals surface area (Å²) in [6.07, 6.45) is 5.43. The Bertz CT molecular complexity index is 673. The van der Waals surface area contributed by atoms with Gasteiger partial charge in [-0.2, -0.15) is 0 Å². The number of carbonyl (C=O) groups is 1. The topological polar surface area (TPSA) is 44.9 Å². The number of hydrogen-bond donors (Lipinski definition) is 2. The first-order chi connectivity index (χ1) is 11.1. The lowest BCUT2D eigenvalue weighted by Crippen LogP contribution is -2.40. The van der Waals surface area contributed by atoms with E-state index in [2.05, 4.69) is 49.3 Å². The van der Waals surface area contributed by atoms with Crippen molar-refractivity contribution in [3.63, 3.8) is 0 Å². The highest BCUT2D eigenvalue weighted by Gasteiger charge is 2.35. The maximum atomic E-state index is 12.8. The fraction of sp³-hybridized carbons (Fsp3) is 0.550. The van der Waals surface area contributed by atoms with Gasteiger partial charge < -0.3 is 10.3 Å². The first kappa shape index (κ1) is 16.1. The minimum absolute atomic E-state index is 0.171. The molecule has 1 aliphatic rings. The smallest absolute Gasteiger partial charge is 0.223 e. The van der Waals surface area contributed by atoms with Gasteiger partial charge in [0.15, 0.2) is 0 Å². The molecule has 3 rings (SSSR count). The van der Waals surface area contributed by atoms with E-state index in [0.717, 1.165) is 11.9 Å². The maximum absolute atomic E-state index is 12.8. The minimum atomic E-state index is 0.171. The van der Waals surface area contributed by atoms with Gasteiger partial charge >= 0.3 is 0 Å². The molecule has 0 unspecified atom stereocenters. The van der Waals surface area contributed by atoms with E-state index in [1.165, 1.54) is 23.8 Å². The summed E-state index contributed by atoms with van der Waals surface area (Å²) in [6, 6.07) is 8.29. The van der Waals surface area contributed by atoms with E-state index in [4.69, 9.17) is 0 Å². The SMILES string of the molecule is CC(C)[C@@H]1CC[C@@H](C)C[C@H]1C(=O)NCc1cccc2[nH]ccc12. The van der Waals surface area contributed by atoms with E-state index in [9.17, 15) is 4.79 Å². The molecule has 3 nitrogen and oxygen atoms in total. The Labute approximate surface area is 138 Å². The normalized spacial score (nSPS) is 25.0. The Hall–Kier alpha value is -1.77. The lowest BCUT2D eigenvalue weighted by molar-refractivity contribution is -0.129. The molecule has 3 heteroatoms. The fourth-order valence-corrected chi connectivity index (χ4v) is 4.12. The third-order valence-corrected chi connectivity index (χ3v) is 5.50. The molecule has 1 aromatic carbocycles. The largest absolute Gasteiger partial charge is 0.361 e. The molecule has 0 spiro atoms.